The minimum absolute atomic E-state index is 0.0976. The van der Waals surface area contributed by atoms with Gasteiger partial charge in [-0.05, 0) is 32.1 Å². The van der Waals surface area contributed by atoms with Crippen LogP contribution in [-0.4, -0.2) is 17.2 Å². The zero-order valence-corrected chi connectivity index (χ0v) is 14.7. The van der Waals surface area contributed by atoms with E-state index in [-0.39, 0.29) is 22.6 Å². The van der Waals surface area contributed by atoms with Crippen molar-refractivity contribution in [2.75, 3.05) is 0 Å². The van der Waals surface area contributed by atoms with E-state index in [1.807, 2.05) is 6.92 Å². The van der Waals surface area contributed by atoms with Gasteiger partial charge in [0.25, 0.3) is 5.91 Å². The summed E-state index contributed by atoms with van der Waals surface area (Å²) in [6.45, 7) is 8.07. The largest absolute Gasteiger partial charge is 0.455 e. The Hall–Kier alpha value is -1.58. The first-order valence-corrected chi connectivity index (χ1v) is 8.69. The van der Waals surface area contributed by atoms with Gasteiger partial charge in [-0.1, -0.05) is 33.1 Å². The van der Waals surface area contributed by atoms with Crippen molar-refractivity contribution < 1.29 is 14.0 Å². The van der Waals surface area contributed by atoms with Crippen LogP contribution in [-0.2, 0) is 6.42 Å². The first-order valence-electron chi connectivity index (χ1n) is 8.69. The summed E-state index contributed by atoms with van der Waals surface area (Å²) in [4.78, 5) is 25.1. The van der Waals surface area contributed by atoms with Crippen LogP contribution in [0.3, 0.4) is 0 Å². The van der Waals surface area contributed by atoms with Gasteiger partial charge in [-0.25, -0.2) is 0 Å². The number of carbonyl (C=O) groups is 2. The van der Waals surface area contributed by atoms with Crippen molar-refractivity contribution in [3.05, 3.63) is 22.6 Å². The van der Waals surface area contributed by atoms with Crippen LogP contribution in [0.25, 0.3) is 0 Å². The predicted octanol–water partition coefficient (Wildman–Crippen LogP) is 4.20. The Morgan fingerprint density at radius 2 is 1.74 bits per heavy atom. The smallest absolute Gasteiger partial charge is 0.287 e. The summed E-state index contributed by atoms with van der Waals surface area (Å²) >= 11 is 0. The van der Waals surface area contributed by atoms with Gasteiger partial charge in [0.2, 0.25) is 0 Å². The van der Waals surface area contributed by atoms with E-state index in [4.69, 9.17) is 4.42 Å². The highest BCUT2D eigenvalue weighted by Gasteiger charge is 2.38. The summed E-state index contributed by atoms with van der Waals surface area (Å²) in [5.41, 5.74) is 1.09. The van der Waals surface area contributed by atoms with Crippen molar-refractivity contribution in [1.29, 1.82) is 0 Å². The maximum atomic E-state index is 12.7. The normalized spacial score (nSPS) is 22.5. The molecule has 2 aliphatic carbocycles. The second kappa shape index (κ2) is 5.50. The number of hydrogen-bond acceptors (Lipinski definition) is 3. The van der Waals surface area contributed by atoms with Gasteiger partial charge in [0.05, 0.1) is 5.56 Å². The minimum atomic E-state index is -0.174. The fourth-order valence-electron chi connectivity index (χ4n) is 4.09. The molecule has 0 unspecified atom stereocenters. The summed E-state index contributed by atoms with van der Waals surface area (Å²) in [6, 6.07) is 0. The molecule has 1 fully saturated rings. The Balaban J connectivity index is 1.87. The monoisotopic (exact) mass is 317 g/mol. The lowest BCUT2D eigenvalue weighted by Gasteiger charge is -2.34. The van der Waals surface area contributed by atoms with E-state index in [1.165, 1.54) is 6.42 Å². The number of rotatable bonds is 2. The van der Waals surface area contributed by atoms with Gasteiger partial charge in [0.15, 0.2) is 11.5 Å². The van der Waals surface area contributed by atoms with Gasteiger partial charge in [-0.3, -0.25) is 9.59 Å². The molecule has 0 aromatic carbocycles. The molecule has 1 saturated carbocycles. The number of ketones is 1. The Bertz CT molecular complexity index is 648. The number of hydrogen-bond donors (Lipinski definition) is 1. The Morgan fingerprint density at radius 1 is 1.09 bits per heavy atom. The molecular weight excluding hydrogens is 290 g/mol. The van der Waals surface area contributed by atoms with E-state index in [0.717, 1.165) is 25.7 Å². The molecule has 0 radical (unpaired) electrons. The highest BCUT2D eigenvalue weighted by Crippen LogP contribution is 2.38. The van der Waals surface area contributed by atoms with Crippen molar-refractivity contribution >= 4 is 11.7 Å². The summed E-state index contributed by atoms with van der Waals surface area (Å²) in [5, 5.41) is 3.15. The third kappa shape index (κ3) is 3.08. The van der Waals surface area contributed by atoms with Crippen LogP contribution in [0.1, 0.15) is 91.5 Å². The maximum Gasteiger partial charge on any atom is 0.287 e. The first-order chi connectivity index (χ1) is 10.7. The average Bonchev–Trinajstić information content (AvgIpc) is 2.74. The van der Waals surface area contributed by atoms with Gasteiger partial charge < -0.3 is 9.73 Å². The highest BCUT2D eigenvalue weighted by molar-refractivity contribution is 6.03. The van der Waals surface area contributed by atoms with E-state index in [1.54, 1.807) is 0 Å². The molecule has 0 aliphatic heterocycles. The summed E-state index contributed by atoms with van der Waals surface area (Å²) < 4.78 is 5.86. The van der Waals surface area contributed by atoms with Crippen LogP contribution in [0.2, 0.25) is 0 Å². The number of amides is 1. The maximum absolute atomic E-state index is 12.7. The van der Waals surface area contributed by atoms with Crippen molar-refractivity contribution in [1.82, 2.24) is 5.32 Å². The SMILES string of the molecule is Cc1c(C(=O)NC2(C)CCCCC2)oc2c1C(=O)CC(C)(C)C2. The molecule has 1 aromatic heterocycles. The van der Waals surface area contributed by atoms with Crippen LogP contribution in [0.4, 0.5) is 0 Å². The second-order valence-corrected chi connectivity index (χ2v) is 8.37. The van der Waals surface area contributed by atoms with Crippen molar-refractivity contribution in [2.24, 2.45) is 5.41 Å². The van der Waals surface area contributed by atoms with Crippen LogP contribution in [0, 0.1) is 12.3 Å². The Kier molecular flexibility index (Phi) is 3.89. The van der Waals surface area contributed by atoms with Crippen LogP contribution >= 0.6 is 0 Å². The lowest BCUT2D eigenvalue weighted by Crippen LogP contribution is -2.47. The zero-order valence-electron chi connectivity index (χ0n) is 14.7. The van der Waals surface area contributed by atoms with Crippen LogP contribution < -0.4 is 5.32 Å². The fourth-order valence-corrected chi connectivity index (χ4v) is 4.09. The van der Waals surface area contributed by atoms with Gasteiger partial charge in [0, 0.05) is 23.9 Å². The van der Waals surface area contributed by atoms with E-state index < -0.39 is 0 Å². The highest BCUT2D eigenvalue weighted by atomic mass is 16.4. The molecule has 0 saturated heterocycles. The lowest BCUT2D eigenvalue weighted by molar-refractivity contribution is 0.0842. The number of fused-ring (bicyclic) bond motifs is 1. The van der Waals surface area contributed by atoms with Crippen LogP contribution in [0.15, 0.2) is 4.42 Å². The first kappa shape index (κ1) is 16.3. The van der Waals surface area contributed by atoms with Gasteiger partial charge in [-0.15, -0.1) is 0 Å². The van der Waals surface area contributed by atoms with Crippen molar-refractivity contribution in [3.8, 4) is 0 Å². The Labute approximate surface area is 138 Å². The lowest BCUT2D eigenvalue weighted by atomic mass is 9.76. The quantitative estimate of drug-likeness (QED) is 0.889. The number of furan rings is 1. The van der Waals surface area contributed by atoms with Crippen LogP contribution in [0.5, 0.6) is 0 Å². The average molecular weight is 317 g/mol. The van der Waals surface area contributed by atoms with Gasteiger partial charge in [-0.2, -0.15) is 0 Å². The fraction of sp³-hybridized carbons (Fsp3) is 0.684. The molecule has 126 valence electrons. The third-order valence-electron chi connectivity index (χ3n) is 5.36. The molecule has 2 aliphatic rings. The molecule has 1 heterocycles. The molecule has 4 heteroatoms. The molecule has 3 rings (SSSR count). The number of carbonyl (C=O) groups excluding carboxylic acids is 2. The molecule has 0 spiro atoms. The van der Waals surface area contributed by atoms with Crippen molar-refractivity contribution in [2.45, 2.75) is 78.2 Å². The standard InChI is InChI=1S/C19H27NO3/c1-12-15-13(21)10-18(2,3)11-14(15)23-16(12)17(22)20-19(4)8-6-5-7-9-19/h5-11H2,1-4H3,(H,20,22). The van der Waals surface area contributed by atoms with Gasteiger partial charge in [0.1, 0.15) is 5.76 Å². The van der Waals surface area contributed by atoms with E-state index in [2.05, 4.69) is 26.1 Å². The zero-order chi connectivity index (χ0) is 16.8. The molecular formula is C19H27NO3. The topological polar surface area (TPSA) is 59.3 Å². The third-order valence-corrected chi connectivity index (χ3v) is 5.36. The summed E-state index contributed by atoms with van der Waals surface area (Å²) in [5.74, 6) is 0.933. The number of nitrogens with one attached hydrogen (secondary N) is 1. The summed E-state index contributed by atoms with van der Waals surface area (Å²) in [7, 11) is 0. The van der Waals surface area contributed by atoms with E-state index in [9.17, 15) is 9.59 Å². The van der Waals surface area contributed by atoms with E-state index in [0.29, 0.717) is 35.5 Å². The van der Waals surface area contributed by atoms with Gasteiger partial charge >= 0.3 is 0 Å². The van der Waals surface area contributed by atoms with E-state index >= 15 is 0 Å². The minimum Gasteiger partial charge on any atom is -0.455 e. The Morgan fingerprint density at radius 3 is 2.39 bits per heavy atom. The molecule has 1 aromatic rings. The molecule has 1 amide bonds. The molecule has 0 atom stereocenters. The predicted molar refractivity (Wildman–Crippen MR) is 88.8 cm³/mol. The molecule has 0 bridgehead atoms. The van der Waals surface area contributed by atoms with Crippen molar-refractivity contribution in [3.63, 3.8) is 0 Å². The molecule has 4 nitrogen and oxygen atoms in total. The molecule has 23 heavy (non-hydrogen) atoms. The summed E-state index contributed by atoms with van der Waals surface area (Å²) in [6.07, 6.45) is 6.77. The number of Topliss-reactive ketones (excluding diaryl/α,β-unsaturated/α-hetero) is 1. The second-order valence-electron chi connectivity index (χ2n) is 8.37. The molecule has 1 N–H and O–H groups in total.